The van der Waals surface area contributed by atoms with E-state index in [0.29, 0.717) is 16.5 Å². The molecule has 30 heavy (non-hydrogen) atoms. The second-order valence-corrected chi connectivity index (χ2v) is 7.23. The number of amides is 1. The van der Waals surface area contributed by atoms with Gasteiger partial charge in [0.15, 0.2) is 11.5 Å². The molecule has 8 nitrogen and oxygen atoms in total. The summed E-state index contributed by atoms with van der Waals surface area (Å²) < 4.78 is 17.4. The molecule has 0 radical (unpaired) electrons. The summed E-state index contributed by atoms with van der Waals surface area (Å²) in [5, 5.41) is 9.18. The molecule has 0 saturated carbocycles. The van der Waals surface area contributed by atoms with Crippen molar-refractivity contribution in [3.63, 3.8) is 0 Å². The van der Waals surface area contributed by atoms with Gasteiger partial charge in [0, 0.05) is 10.9 Å². The number of anilines is 1. The van der Waals surface area contributed by atoms with Gasteiger partial charge < -0.3 is 14.2 Å². The zero-order valence-corrected chi connectivity index (χ0v) is 17.5. The van der Waals surface area contributed by atoms with E-state index >= 15 is 0 Å². The van der Waals surface area contributed by atoms with Crippen molar-refractivity contribution in [2.24, 2.45) is 0 Å². The van der Waals surface area contributed by atoms with Gasteiger partial charge in [0.1, 0.15) is 5.75 Å². The Morgan fingerprint density at radius 2 is 1.80 bits per heavy atom. The SMILES string of the molecule is COc1ccc(-c2csc3nc(NC(=O)Cc4ccc(OC)c(OC)c4)nn23)cc1. The van der Waals surface area contributed by atoms with E-state index in [9.17, 15) is 4.79 Å². The number of thiazole rings is 1. The second kappa shape index (κ2) is 8.42. The van der Waals surface area contributed by atoms with Crippen molar-refractivity contribution in [2.45, 2.75) is 6.42 Å². The van der Waals surface area contributed by atoms with Gasteiger partial charge in [-0.15, -0.1) is 16.4 Å². The molecule has 0 bridgehead atoms. The molecule has 0 unspecified atom stereocenters. The second-order valence-electron chi connectivity index (χ2n) is 6.39. The Bertz CT molecular complexity index is 1180. The molecule has 0 fully saturated rings. The first kappa shape index (κ1) is 19.7. The van der Waals surface area contributed by atoms with Crippen molar-refractivity contribution in [3.8, 4) is 28.5 Å². The van der Waals surface area contributed by atoms with E-state index in [2.05, 4.69) is 15.4 Å². The van der Waals surface area contributed by atoms with Crippen molar-refractivity contribution in [2.75, 3.05) is 26.6 Å². The van der Waals surface area contributed by atoms with Crippen LogP contribution in [-0.2, 0) is 11.2 Å². The van der Waals surface area contributed by atoms with Gasteiger partial charge >= 0.3 is 0 Å². The van der Waals surface area contributed by atoms with E-state index in [0.717, 1.165) is 22.6 Å². The van der Waals surface area contributed by atoms with E-state index in [1.54, 1.807) is 38.0 Å². The number of hydrogen-bond acceptors (Lipinski definition) is 7. The van der Waals surface area contributed by atoms with Gasteiger partial charge in [-0.2, -0.15) is 4.98 Å². The third kappa shape index (κ3) is 3.92. The van der Waals surface area contributed by atoms with Crippen LogP contribution < -0.4 is 19.5 Å². The van der Waals surface area contributed by atoms with E-state index in [1.807, 2.05) is 35.7 Å². The van der Waals surface area contributed by atoms with Crippen LogP contribution in [0.4, 0.5) is 5.95 Å². The zero-order chi connectivity index (χ0) is 21.1. The predicted molar refractivity (Wildman–Crippen MR) is 115 cm³/mol. The molecule has 4 aromatic rings. The van der Waals surface area contributed by atoms with Crippen LogP contribution in [0.15, 0.2) is 47.8 Å². The van der Waals surface area contributed by atoms with Crippen molar-refractivity contribution in [1.29, 1.82) is 0 Å². The summed E-state index contributed by atoms with van der Waals surface area (Å²) in [4.78, 5) is 17.6. The molecular formula is C21H20N4O4S. The predicted octanol–water partition coefficient (Wildman–Crippen LogP) is 3.66. The number of aromatic nitrogens is 3. The average molecular weight is 424 g/mol. The van der Waals surface area contributed by atoms with Gasteiger partial charge in [0.05, 0.1) is 33.4 Å². The lowest BCUT2D eigenvalue weighted by atomic mass is 10.1. The number of hydrogen-bond donors (Lipinski definition) is 1. The molecule has 2 aromatic carbocycles. The Hall–Kier alpha value is -3.59. The smallest absolute Gasteiger partial charge is 0.250 e. The first-order chi connectivity index (χ1) is 14.6. The largest absolute Gasteiger partial charge is 0.497 e. The van der Waals surface area contributed by atoms with Crippen molar-refractivity contribution in [3.05, 3.63) is 53.4 Å². The molecule has 9 heteroatoms. The van der Waals surface area contributed by atoms with Crippen LogP contribution in [0, 0.1) is 0 Å². The van der Waals surface area contributed by atoms with Gasteiger partial charge in [0.2, 0.25) is 16.8 Å². The Morgan fingerprint density at radius 3 is 2.50 bits per heavy atom. The fourth-order valence-corrected chi connectivity index (χ4v) is 3.87. The summed E-state index contributed by atoms with van der Waals surface area (Å²) in [5.74, 6) is 2.02. The topological polar surface area (TPSA) is 87.0 Å². The standard InChI is InChI=1S/C21H20N4O4S/c1-27-15-7-5-14(6-8-15)16-12-30-21-23-20(24-25(16)21)22-19(26)11-13-4-9-17(28-2)18(10-13)29-3/h4-10,12H,11H2,1-3H3,(H,22,24,26). The quantitative estimate of drug-likeness (QED) is 0.487. The monoisotopic (exact) mass is 424 g/mol. The number of nitrogens with zero attached hydrogens (tertiary/aromatic N) is 3. The van der Waals surface area contributed by atoms with Crippen molar-refractivity contribution in [1.82, 2.24) is 14.6 Å². The van der Waals surface area contributed by atoms with Crippen LogP contribution in [0.1, 0.15) is 5.56 Å². The fourth-order valence-electron chi connectivity index (χ4n) is 3.04. The normalized spacial score (nSPS) is 10.8. The van der Waals surface area contributed by atoms with Crippen molar-refractivity contribution >= 4 is 28.2 Å². The molecular weight excluding hydrogens is 404 g/mol. The third-order valence-corrected chi connectivity index (χ3v) is 5.35. The molecule has 154 valence electrons. The van der Waals surface area contributed by atoms with Crippen LogP contribution in [-0.4, -0.2) is 41.8 Å². The third-order valence-electron chi connectivity index (χ3n) is 4.53. The number of rotatable bonds is 7. The summed E-state index contributed by atoms with van der Waals surface area (Å²) in [7, 11) is 4.76. The first-order valence-corrected chi connectivity index (χ1v) is 9.98. The average Bonchev–Trinajstić information content (AvgIpc) is 3.33. The van der Waals surface area contributed by atoms with Gasteiger partial charge in [-0.05, 0) is 42.0 Å². The zero-order valence-electron chi connectivity index (χ0n) is 16.7. The first-order valence-electron chi connectivity index (χ1n) is 9.10. The molecule has 4 rings (SSSR count). The van der Waals surface area contributed by atoms with Gasteiger partial charge in [-0.25, -0.2) is 4.52 Å². The minimum absolute atomic E-state index is 0.165. The molecule has 0 aliphatic carbocycles. The summed E-state index contributed by atoms with van der Waals surface area (Å²) in [6.45, 7) is 0. The fraction of sp³-hybridized carbons (Fsp3) is 0.190. The number of carbonyl (C=O) groups is 1. The number of fused-ring (bicyclic) bond motifs is 1. The maximum absolute atomic E-state index is 12.5. The Morgan fingerprint density at radius 1 is 1.03 bits per heavy atom. The number of carbonyl (C=O) groups excluding carboxylic acids is 1. The minimum atomic E-state index is -0.216. The van der Waals surface area contributed by atoms with Gasteiger partial charge in [-0.3, -0.25) is 10.1 Å². The molecule has 0 aliphatic heterocycles. The van der Waals surface area contributed by atoms with Crippen LogP contribution >= 0.6 is 11.3 Å². The number of methoxy groups -OCH3 is 3. The molecule has 0 saturated heterocycles. The van der Waals surface area contributed by atoms with Gasteiger partial charge in [0.25, 0.3) is 0 Å². The lowest BCUT2D eigenvalue weighted by molar-refractivity contribution is -0.115. The molecule has 0 spiro atoms. The Kier molecular flexibility index (Phi) is 5.53. The molecule has 0 atom stereocenters. The molecule has 2 aromatic heterocycles. The molecule has 1 N–H and O–H groups in total. The highest BCUT2D eigenvalue weighted by Gasteiger charge is 2.14. The molecule has 2 heterocycles. The highest BCUT2D eigenvalue weighted by Crippen LogP contribution is 2.29. The number of nitrogens with one attached hydrogen (secondary N) is 1. The van der Waals surface area contributed by atoms with Crippen LogP contribution in [0.3, 0.4) is 0 Å². The number of benzene rings is 2. The summed E-state index contributed by atoms with van der Waals surface area (Å²) >= 11 is 1.46. The summed E-state index contributed by atoms with van der Waals surface area (Å²) in [6.07, 6.45) is 0.165. The molecule has 1 amide bonds. The van der Waals surface area contributed by atoms with E-state index in [1.165, 1.54) is 11.3 Å². The van der Waals surface area contributed by atoms with E-state index in [-0.39, 0.29) is 18.3 Å². The van der Waals surface area contributed by atoms with Crippen LogP contribution in [0.2, 0.25) is 0 Å². The minimum Gasteiger partial charge on any atom is -0.497 e. The van der Waals surface area contributed by atoms with Crippen molar-refractivity contribution < 1.29 is 19.0 Å². The van der Waals surface area contributed by atoms with E-state index in [4.69, 9.17) is 14.2 Å². The Balaban J connectivity index is 1.50. The summed E-state index contributed by atoms with van der Waals surface area (Å²) in [6, 6.07) is 13.1. The molecule has 0 aliphatic rings. The van der Waals surface area contributed by atoms with Gasteiger partial charge in [-0.1, -0.05) is 6.07 Å². The number of ether oxygens (including phenoxy) is 3. The lowest BCUT2D eigenvalue weighted by Gasteiger charge is -2.09. The van der Waals surface area contributed by atoms with Crippen LogP contribution in [0.25, 0.3) is 16.2 Å². The maximum atomic E-state index is 12.5. The maximum Gasteiger partial charge on any atom is 0.250 e. The summed E-state index contributed by atoms with van der Waals surface area (Å²) in [5.41, 5.74) is 2.67. The highest BCUT2D eigenvalue weighted by atomic mass is 32.1. The van der Waals surface area contributed by atoms with E-state index < -0.39 is 0 Å². The highest BCUT2D eigenvalue weighted by molar-refractivity contribution is 7.15. The lowest BCUT2D eigenvalue weighted by Crippen LogP contribution is -2.15. The van der Waals surface area contributed by atoms with Crippen LogP contribution in [0.5, 0.6) is 17.2 Å². The Labute approximate surface area is 177 Å².